The third kappa shape index (κ3) is 38.1. The standard InChI is InChI=1S/C16H32O2.Na.H2O4S.H/c1-3-5-6-7-8-9-10-11-12-13-15-18-16(17)14-4-2;;1-5(2,3)4;/h3-15H2,1-2H3;;(H2,1,2,3,4);. The molecule has 24 heavy (non-hydrogen) atoms. The van der Waals surface area contributed by atoms with Gasteiger partial charge < -0.3 is 4.74 Å². The van der Waals surface area contributed by atoms with Gasteiger partial charge in [-0.3, -0.25) is 13.9 Å². The first-order chi connectivity index (χ1) is 10.8. The molecule has 0 aliphatic heterocycles. The number of ether oxygens (including phenoxy) is 1. The Labute approximate surface area is 170 Å². The Balaban J connectivity index is -0.000000639. The molecule has 0 radical (unpaired) electrons. The molecule has 0 fully saturated rings. The molecule has 0 spiro atoms. The van der Waals surface area contributed by atoms with E-state index < -0.39 is 10.4 Å². The van der Waals surface area contributed by atoms with Gasteiger partial charge in [0, 0.05) is 6.42 Å². The van der Waals surface area contributed by atoms with Gasteiger partial charge in [-0.25, -0.2) is 0 Å². The monoisotopic (exact) mass is 378 g/mol. The average molecular weight is 379 g/mol. The van der Waals surface area contributed by atoms with Gasteiger partial charge in [-0.1, -0.05) is 71.6 Å². The summed E-state index contributed by atoms with van der Waals surface area (Å²) in [6, 6.07) is 0. The van der Waals surface area contributed by atoms with Crippen LogP contribution in [-0.4, -0.2) is 59.7 Å². The van der Waals surface area contributed by atoms with E-state index in [1.165, 1.54) is 57.8 Å². The first-order valence-corrected chi connectivity index (χ1v) is 10.1. The molecule has 0 rings (SSSR count). The summed E-state index contributed by atoms with van der Waals surface area (Å²) in [6.45, 7) is 4.88. The minimum absolute atomic E-state index is 0. The van der Waals surface area contributed by atoms with Crippen LogP contribution in [0.3, 0.4) is 0 Å². The molecular formula is C16H35NaO6S. The predicted molar refractivity (Wildman–Crippen MR) is 99.0 cm³/mol. The fraction of sp³-hybridized carbons (Fsp3) is 0.938. The van der Waals surface area contributed by atoms with Gasteiger partial charge in [0.2, 0.25) is 0 Å². The van der Waals surface area contributed by atoms with E-state index in [4.69, 9.17) is 22.3 Å². The molecule has 142 valence electrons. The second-order valence-electron chi connectivity index (χ2n) is 5.60. The van der Waals surface area contributed by atoms with Gasteiger partial charge in [-0.15, -0.1) is 0 Å². The van der Waals surface area contributed by atoms with Crippen LogP contribution in [0.4, 0.5) is 0 Å². The van der Waals surface area contributed by atoms with Crippen LogP contribution >= 0.6 is 0 Å². The summed E-state index contributed by atoms with van der Waals surface area (Å²) in [5.41, 5.74) is 0. The van der Waals surface area contributed by atoms with E-state index >= 15 is 0 Å². The van der Waals surface area contributed by atoms with Gasteiger partial charge in [0.1, 0.15) is 0 Å². The van der Waals surface area contributed by atoms with Crippen molar-refractivity contribution >= 4 is 45.9 Å². The fourth-order valence-corrected chi connectivity index (χ4v) is 2.05. The Kier molecular flexibility index (Phi) is 25.9. The predicted octanol–water partition coefficient (Wildman–Crippen LogP) is 3.95. The first kappa shape index (κ1) is 29.1. The van der Waals surface area contributed by atoms with Gasteiger partial charge in [-0.2, -0.15) is 8.42 Å². The molecule has 0 saturated heterocycles. The van der Waals surface area contributed by atoms with E-state index in [0.29, 0.717) is 13.0 Å². The van der Waals surface area contributed by atoms with E-state index in [0.717, 1.165) is 12.8 Å². The van der Waals surface area contributed by atoms with E-state index in [9.17, 15) is 4.79 Å². The van der Waals surface area contributed by atoms with Crippen LogP contribution in [0.25, 0.3) is 0 Å². The zero-order valence-electron chi connectivity index (χ0n) is 14.6. The Bertz CT molecular complexity index is 352. The maximum absolute atomic E-state index is 11.1. The van der Waals surface area contributed by atoms with Crippen molar-refractivity contribution in [2.45, 2.75) is 90.9 Å². The number of carbonyl (C=O) groups excluding carboxylic acids is 1. The van der Waals surface area contributed by atoms with Crippen molar-refractivity contribution in [1.82, 2.24) is 0 Å². The van der Waals surface area contributed by atoms with Crippen molar-refractivity contribution in [1.29, 1.82) is 0 Å². The van der Waals surface area contributed by atoms with Gasteiger partial charge in [0.25, 0.3) is 0 Å². The number of esters is 1. The molecule has 8 heteroatoms. The Morgan fingerprint density at radius 3 is 1.54 bits per heavy atom. The maximum atomic E-state index is 11.1. The van der Waals surface area contributed by atoms with Crippen LogP contribution in [0, 0.1) is 0 Å². The zero-order chi connectivity index (χ0) is 18.0. The summed E-state index contributed by atoms with van der Waals surface area (Å²) < 4.78 is 36.7. The summed E-state index contributed by atoms with van der Waals surface area (Å²) in [7, 11) is -4.67. The molecule has 0 aliphatic rings. The molecule has 0 atom stereocenters. The topological polar surface area (TPSA) is 101 Å². The second kappa shape index (κ2) is 21.4. The van der Waals surface area contributed by atoms with Crippen molar-refractivity contribution in [2.24, 2.45) is 0 Å². The molecule has 2 N–H and O–H groups in total. The summed E-state index contributed by atoms with van der Waals surface area (Å²) in [6.07, 6.45) is 14.6. The van der Waals surface area contributed by atoms with Crippen LogP contribution in [0.2, 0.25) is 0 Å². The molecule has 0 amide bonds. The first-order valence-electron chi connectivity index (χ1n) is 8.66. The van der Waals surface area contributed by atoms with Crippen molar-refractivity contribution < 1.29 is 27.1 Å². The fourth-order valence-electron chi connectivity index (χ4n) is 2.05. The number of carbonyl (C=O) groups is 1. The molecule has 0 heterocycles. The van der Waals surface area contributed by atoms with Gasteiger partial charge in [0.05, 0.1) is 6.61 Å². The summed E-state index contributed by atoms with van der Waals surface area (Å²) in [5, 5.41) is 0. The van der Waals surface area contributed by atoms with Gasteiger partial charge in [-0.05, 0) is 12.8 Å². The molecule has 0 bridgehead atoms. The SMILES string of the molecule is CCCCCCCCCCCCOC(=O)CCC.O=S(=O)(O)O.[NaH]. The Morgan fingerprint density at radius 2 is 1.17 bits per heavy atom. The molecule has 0 aromatic heterocycles. The summed E-state index contributed by atoms with van der Waals surface area (Å²) >= 11 is 0. The summed E-state index contributed by atoms with van der Waals surface area (Å²) in [4.78, 5) is 11.1. The number of rotatable bonds is 13. The number of unbranched alkanes of at least 4 members (excludes halogenated alkanes) is 9. The normalized spacial score (nSPS) is 10.3. The average Bonchev–Trinajstić information content (AvgIpc) is 2.43. The molecule has 0 saturated carbocycles. The third-order valence-electron chi connectivity index (χ3n) is 3.22. The Morgan fingerprint density at radius 1 is 0.792 bits per heavy atom. The molecule has 6 nitrogen and oxygen atoms in total. The minimum atomic E-state index is -4.67. The number of hydrogen-bond donors (Lipinski definition) is 2. The van der Waals surface area contributed by atoms with E-state index in [1.54, 1.807) is 0 Å². The van der Waals surface area contributed by atoms with Crippen LogP contribution in [0.1, 0.15) is 90.9 Å². The van der Waals surface area contributed by atoms with Crippen LogP contribution in [0.15, 0.2) is 0 Å². The molecule has 0 aromatic rings. The van der Waals surface area contributed by atoms with Gasteiger partial charge in [0.15, 0.2) is 0 Å². The van der Waals surface area contributed by atoms with Crippen molar-refractivity contribution in [2.75, 3.05) is 6.61 Å². The van der Waals surface area contributed by atoms with E-state index in [-0.39, 0.29) is 35.5 Å². The second-order valence-corrected chi connectivity index (χ2v) is 6.50. The van der Waals surface area contributed by atoms with Crippen LogP contribution in [-0.2, 0) is 19.9 Å². The molecule has 0 aliphatic carbocycles. The van der Waals surface area contributed by atoms with E-state index in [1.807, 2.05) is 6.92 Å². The zero-order valence-corrected chi connectivity index (χ0v) is 15.4. The van der Waals surface area contributed by atoms with Crippen LogP contribution in [0.5, 0.6) is 0 Å². The van der Waals surface area contributed by atoms with Crippen molar-refractivity contribution in [3.63, 3.8) is 0 Å². The molecule has 0 aromatic carbocycles. The Hall–Kier alpha value is 0.340. The van der Waals surface area contributed by atoms with E-state index in [2.05, 4.69) is 6.92 Å². The molecule has 0 unspecified atom stereocenters. The van der Waals surface area contributed by atoms with Crippen molar-refractivity contribution in [3.8, 4) is 0 Å². The number of hydrogen-bond acceptors (Lipinski definition) is 4. The quantitative estimate of drug-likeness (QED) is 0.218. The van der Waals surface area contributed by atoms with Crippen LogP contribution < -0.4 is 0 Å². The van der Waals surface area contributed by atoms with Crippen molar-refractivity contribution in [3.05, 3.63) is 0 Å². The summed E-state index contributed by atoms with van der Waals surface area (Å²) in [5.74, 6) is -0.0339. The van der Waals surface area contributed by atoms with Gasteiger partial charge >= 0.3 is 45.9 Å². The molecular weight excluding hydrogens is 343 g/mol. The third-order valence-corrected chi connectivity index (χ3v) is 3.22.